The molecular formula is C15H20ClFN4. The number of hydrogen-bond donors (Lipinski definition) is 1. The minimum absolute atomic E-state index is 0.191. The Balaban J connectivity index is 2.10. The highest BCUT2D eigenvalue weighted by atomic mass is 35.5. The Morgan fingerprint density at radius 3 is 2.81 bits per heavy atom. The fraction of sp³-hybridized carbons (Fsp3) is 0.467. The predicted octanol–water partition coefficient (Wildman–Crippen LogP) is 2.76. The standard InChI is InChI=1S/C15H20ClFN4/c1-3-6-18-13(9-15-19-10-20-21(15)2)7-11-4-5-12(17)8-14(11)16/h4-5,8,10,13,18H,3,6-7,9H2,1-2H3. The zero-order chi connectivity index (χ0) is 15.2. The van der Waals surface area contributed by atoms with E-state index < -0.39 is 0 Å². The molecule has 0 fully saturated rings. The molecule has 0 radical (unpaired) electrons. The Morgan fingerprint density at radius 1 is 1.38 bits per heavy atom. The maximum absolute atomic E-state index is 13.1. The van der Waals surface area contributed by atoms with Crippen LogP contribution in [0.25, 0.3) is 0 Å². The Hall–Kier alpha value is -1.46. The number of nitrogens with zero attached hydrogens (tertiary/aromatic N) is 3. The van der Waals surface area contributed by atoms with E-state index in [4.69, 9.17) is 11.6 Å². The Bertz CT molecular complexity index is 585. The summed E-state index contributed by atoms with van der Waals surface area (Å²) in [4.78, 5) is 4.26. The van der Waals surface area contributed by atoms with Gasteiger partial charge in [0, 0.05) is 24.5 Å². The summed E-state index contributed by atoms with van der Waals surface area (Å²) in [6, 6.07) is 4.74. The Morgan fingerprint density at radius 2 is 2.19 bits per heavy atom. The maximum atomic E-state index is 13.1. The fourth-order valence-electron chi connectivity index (χ4n) is 2.24. The molecule has 1 N–H and O–H groups in total. The number of aromatic nitrogens is 3. The molecule has 1 aromatic carbocycles. The van der Waals surface area contributed by atoms with Gasteiger partial charge in [-0.15, -0.1) is 0 Å². The number of benzene rings is 1. The van der Waals surface area contributed by atoms with E-state index in [1.54, 1.807) is 17.1 Å². The molecule has 1 heterocycles. The van der Waals surface area contributed by atoms with Gasteiger partial charge in [0.2, 0.25) is 0 Å². The molecular weight excluding hydrogens is 291 g/mol. The van der Waals surface area contributed by atoms with Crippen LogP contribution in [0.3, 0.4) is 0 Å². The van der Waals surface area contributed by atoms with Crippen LogP contribution in [-0.2, 0) is 19.9 Å². The van der Waals surface area contributed by atoms with Gasteiger partial charge in [-0.2, -0.15) is 5.10 Å². The average molecular weight is 311 g/mol. The zero-order valence-corrected chi connectivity index (χ0v) is 13.1. The minimum atomic E-state index is -0.310. The molecule has 0 amide bonds. The molecule has 1 aromatic heterocycles. The van der Waals surface area contributed by atoms with E-state index in [9.17, 15) is 4.39 Å². The van der Waals surface area contributed by atoms with Crippen molar-refractivity contribution in [1.82, 2.24) is 20.1 Å². The molecule has 21 heavy (non-hydrogen) atoms. The zero-order valence-electron chi connectivity index (χ0n) is 12.3. The van der Waals surface area contributed by atoms with E-state index >= 15 is 0 Å². The van der Waals surface area contributed by atoms with E-state index in [0.29, 0.717) is 5.02 Å². The summed E-state index contributed by atoms with van der Waals surface area (Å²) < 4.78 is 14.9. The molecule has 1 atom stereocenters. The molecule has 1 unspecified atom stereocenters. The van der Waals surface area contributed by atoms with E-state index in [0.717, 1.165) is 37.2 Å². The molecule has 114 valence electrons. The van der Waals surface area contributed by atoms with E-state index in [1.807, 2.05) is 7.05 Å². The normalized spacial score (nSPS) is 12.6. The van der Waals surface area contributed by atoms with Gasteiger partial charge in [0.15, 0.2) is 0 Å². The first-order chi connectivity index (χ1) is 10.1. The van der Waals surface area contributed by atoms with Gasteiger partial charge < -0.3 is 5.32 Å². The van der Waals surface area contributed by atoms with Crippen LogP contribution >= 0.6 is 11.6 Å². The summed E-state index contributed by atoms with van der Waals surface area (Å²) in [6.45, 7) is 3.04. The molecule has 0 saturated carbocycles. The Kier molecular flexibility index (Phi) is 5.70. The second kappa shape index (κ2) is 7.52. The molecule has 0 aliphatic heterocycles. The Labute approximate surface area is 129 Å². The predicted molar refractivity (Wildman–Crippen MR) is 81.9 cm³/mol. The lowest BCUT2D eigenvalue weighted by molar-refractivity contribution is 0.485. The fourth-order valence-corrected chi connectivity index (χ4v) is 2.49. The monoisotopic (exact) mass is 310 g/mol. The lowest BCUT2D eigenvalue weighted by Crippen LogP contribution is -2.34. The molecule has 0 aliphatic rings. The molecule has 2 rings (SSSR count). The SMILES string of the molecule is CCCNC(Cc1ccc(F)cc1Cl)Cc1ncnn1C. The van der Waals surface area contributed by atoms with Gasteiger partial charge in [0.05, 0.1) is 0 Å². The second-order valence-electron chi connectivity index (χ2n) is 5.09. The van der Waals surface area contributed by atoms with Crippen LogP contribution in [0.1, 0.15) is 24.7 Å². The molecule has 4 nitrogen and oxygen atoms in total. The van der Waals surface area contributed by atoms with Crippen LogP contribution < -0.4 is 5.32 Å². The van der Waals surface area contributed by atoms with Crippen molar-refractivity contribution >= 4 is 11.6 Å². The minimum Gasteiger partial charge on any atom is -0.313 e. The highest BCUT2D eigenvalue weighted by molar-refractivity contribution is 6.31. The maximum Gasteiger partial charge on any atom is 0.138 e. The van der Waals surface area contributed by atoms with Gasteiger partial charge >= 0.3 is 0 Å². The second-order valence-corrected chi connectivity index (χ2v) is 5.50. The lowest BCUT2D eigenvalue weighted by atomic mass is 10.0. The van der Waals surface area contributed by atoms with Crippen molar-refractivity contribution in [2.75, 3.05) is 6.54 Å². The van der Waals surface area contributed by atoms with Gasteiger partial charge in [-0.05, 0) is 37.1 Å². The molecule has 0 saturated heterocycles. The number of halogens is 2. The van der Waals surface area contributed by atoms with Crippen molar-refractivity contribution in [1.29, 1.82) is 0 Å². The molecule has 2 aromatic rings. The van der Waals surface area contributed by atoms with Crippen LogP contribution in [0.15, 0.2) is 24.5 Å². The third kappa shape index (κ3) is 4.51. The van der Waals surface area contributed by atoms with Gasteiger partial charge in [-0.1, -0.05) is 24.6 Å². The molecule has 0 aliphatic carbocycles. The van der Waals surface area contributed by atoms with Gasteiger partial charge in [0.25, 0.3) is 0 Å². The van der Waals surface area contributed by atoms with E-state index in [2.05, 4.69) is 22.3 Å². The third-order valence-electron chi connectivity index (χ3n) is 3.40. The van der Waals surface area contributed by atoms with Crippen LogP contribution in [0.5, 0.6) is 0 Å². The van der Waals surface area contributed by atoms with Gasteiger partial charge in [0.1, 0.15) is 18.0 Å². The van der Waals surface area contributed by atoms with Crippen molar-refractivity contribution in [3.05, 3.63) is 46.8 Å². The average Bonchev–Trinajstić information content (AvgIpc) is 2.84. The number of aryl methyl sites for hydroxylation is 1. The quantitative estimate of drug-likeness (QED) is 0.855. The van der Waals surface area contributed by atoms with Gasteiger partial charge in [-0.3, -0.25) is 4.68 Å². The largest absolute Gasteiger partial charge is 0.313 e. The van der Waals surface area contributed by atoms with E-state index in [1.165, 1.54) is 12.1 Å². The molecule has 0 spiro atoms. The van der Waals surface area contributed by atoms with Crippen LogP contribution in [0.2, 0.25) is 5.02 Å². The van der Waals surface area contributed by atoms with Crippen molar-refractivity contribution in [3.63, 3.8) is 0 Å². The highest BCUT2D eigenvalue weighted by Crippen LogP contribution is 2.19. The first kappa shape index (κ1) is 15.9. The topological polar surface area (TPSA) is 42.7 Å². The van der Waals surface area contributed by atoms with Crippen LogP contribution in [-0.4, -0.2) is 27.4 Å². The summed E-state index contributed by atoms with van der Waals surface area (Å²) in [5, 5.41) is 8.05. The lowest BCUT2D eigenvalue weighted by Gasteiger charge is -2.19. The van der Waals surface area contributed by atoms with Crippen molar-refractivity contribution < 1.29 is 4.39 Å². The summed E-state index contributed by atoms with van der Waals surface area (Å²) in [5.41, 5.74) is 0.939. The molecule has 0 bridgehead atoms. The summed E-state index contributed by atoms with van der Waals surface area (Å²) in [6.07, 6.45) is 4.08. The third-order valence-corrected chi connectivity index (χ3v) is 3.75. The van der Waals surface area contributed by atoms with E-state index in [-0.39, 0.29) is 11.9 Å². The summed E-state index contributed by atoms with van der Waals surface area (Å²) in [5.74, 6) is 0.608. The first-order valence-corrected chi connectivity index (χ1v) is 7.48. The highest BCUT2D eigenvalue weighted by Gasteiger charge is 2.15. The van der Waals surface area contributed by atoms with Crippen LogP contribution in [0.4, 0.5) is 4.39 Å². The van der Waals surface area contributed by atoms with Crippen molar-refractivity contribution in [2.24, 2.45) is 7.05 Å². The van der Waals surface area contributed by atoms with Crippen LogP contribution in [0, 0.1) is 5.82 Å². The number of hydrogen-bond acceptors (Lipinski definition) is 3. The van der Waals surface area contributed by atoms with Crippen molar-refractivity contribution in [2.45, 2.75) is 32.2 Å². The molecule has 6 heteroatoms. The smallest absolute Gasteiger partial charge is 0.138 e. The number of nitrogens with one attached hydrogen (secondary N) is 1. The number of rotatable bonds is 7. The van der Waals surface area contributed by atoms with Gasteiger partial charge in [-0.25, -0.2) is 9.37 Å². The van der Waals surface area contributed by atoms with Crippen molar-refractivity contribution in [3.8, 4) is 0 Å². The summed E-state index contributed by atoms with van der Waals surface area (Å²) >= 11 is 6.12. The first-order valence-electron chi connectivity index (χ1n) is 7.10. The summed E-state index contributed by atoms with van der Waals surface area (Å²) in [7, 11) is 1.88.